The quantitative estimate of drug-likeness (QED) is 0.735. The summed E-state index contributed by atoms with van der Waals surface area (Å²) in [4.78, 5) is 14.2. The van der Waals surface area contributed by atoms with Gasteiger partial charge in [0.1, 0.15) is 0 Å². The average Bonchev–Trinajstić information content (AvgIpc) is 2.38. The van der Waals surface area contributed by atoms with Gasteiger partial charge in [0.15, 0.2) is 0 Å². The van der Waals surface area contributed by atoms with Crippen LogP contribution in [0.3, 0.4) is 0 Å². The predicted molar refractivity (Wildman–Crippen MR) is 81.6 cm³/mol. The Morgan fingerprint density at radius 1 is 1.55 bits per heavy atom. The highest BCUT2D eigenvalue weighted by Crippen LogP contribution is 2.23. The first-order chi connectivity index (χ1) is 9.34. The molecule has 0 spiro atoms. The third kappa shape index (κ3) is 4.17. The van der Waals surface area contributed by atoms with E-state index in [1.807, 2.05) is 13.8 Å². The second-order valence-corrected chi connectivity index (χ2v) is 6.18. The molecule has 0 aliphatic carbocycles. The molecule has 1 rings (SSSR count). The molecule has 20 heavy (non-hydrogen) atoms. The van der Waals surface area contributed by atoms with Gasteiger partial charge in [-0.15, -0.1) is 0 Å². The molecular weight excluding hydrogens is 254 g/mol. The Hall–Kier alpha value is -0.650. The number of rotatable bonds is 7. The van der Waals surface area contributed by atoms with Crippen LogP contribution in [-0.4, -0.2) is 54.2 Å². The number of hydrogen-bond acceptors (Lipinski definition) is 4. The molecule has 5 nitrogen and oxygen atoms in total. The topological polar surface area (TPSA) is 67.6 Å². The average molecular weight is 285 g/mol. The van der Waals surface area contributed by atoms with E-state index in [2.05, 4.69) is 31.0 Å². The molecule has 1 amide bonds. The Morgan fingerprint density at radius 2 is 2.20 bits per heavy atom. The van der Waals surface area contributed by atoms with E-state index in [0.717, 1.165) is 32.5 Å². The number of nitrogens with zero attached hydrogens (tertiary/aromatic N) is 1. The van der Waals surface area contributed by atoms with Crippen LogP contribution in [0.15, 0.2) is 0 Å². The molecule has 5 heteroatoms. The highest BCUT2D eigenvalue weighted by molar-refractivity contribution is 5.84. The Balaban J connectivity index is 2.75. The maximum absolute atomic E-state index is 11.8. The molecule has 0 aromatic rings. The number of ether oxygens (including phenoxy) is 1. The van der Waals surface area contributed by atoms with Crippen molar-refractivity contribution in [2.45, 2.75) is 71.2 Å². The van der Waals surface area contributed by atoms with Gasteiger partial charge in [-0.05, 0) is 40.2 Å². The number of carbonyl (C=O) groups excluding carboxylic acids is 1. The fourth-order valence-corrected chi connectivity index (χ4v) is 3.12. The van der Waals surface area contributed by atoms with Crippen molar-refractivity contribution in [3.63, 3.8) is 0 Å². The summed E-state index contributed by atoms with van der Waals surface area (Å²) >= 11 is 0. The second-order valence-electron chi connectivity index (χ2n) is 6.18. The van der Waals surface area contributed by atoms with Crippen molar-refractivity contribution in [3.8, 4) is 0 Å². The smallest absolute Gasteiger partial charge is 0.237 e. The summed E-state index contributed by atoms with van der Waals surface area (Å²) < 4.78 is 5.74. The van der Waals surface area contributed by atoms with Gasteiger partial charge in [0.2, 0.25) is 5.91 Å². The Labute approximate surface area is 123 Å². The molecule has 4 atom stereocenters. The molecule has 0 radical (unpaired) electrons. The molecule has 4 unspecified atom stereocenters. The van der Waals surface area contributed by atoms with Crippen molar-refractivity contribution >= 4 is 5.91 Å². The minimum atomic E-state index is -0.645. The van der Waals surface area contributed by atoms with Gasteiger partial charge >= 0.3 is 0 Å². The largest absolute Gasteiger partial charge is 0.376 e. The molecule has 0 aromatic carbocycles. The summed E-state index contributed by atoms with van der Waals surface area (Å²) in [5.74, 6) is -0.277. The van der Waals surface area contributed by atoms with Crippen LogP contribution in [0, 0.1) is 0 Å². The van der Waals surface area contributed by atoms with Crippen LogP contribution in [0.25, 0.3) is 0 Å². The summed E-state index contributed by atoms with van der Waals surface area (Å²) in [6.07, 6.45) is 2.03. The van der Waals surface area contributed by atoms with Crippen LogP contribution in [-0.2, 0) is 9.53 Å². The highest BCUT2D eigenvalue weighted by atomic mass is 16.5. The third-order valence-electron chi connectivity index (χ3n) is 4.36. The van der Waals surface area contributed by atoms with Gasteiger partial charge in [0, 0.05) is 18.6 Å². The van der Waals surface area contributed by atoms with Crippen LogP contribution in [0.1, 0.15) is 47.5 Å². The SMILES string of the molecule is CCNC(C)(CC(C)N1CC(C)OCC1CC)C(N)=O. The van der Waals surface area contributed by atoms with E-state index in [0.29, 0.717) is 12.1 Å². The van der Waals surface area contributed by atoms with E-state index in [4.69, 9.17) is 10.5 Å². The normalized spacial score (nSPS) is 28.9. The zero-order chi connectivity index (χ0) is 15.3. The summed E-state index contributed by atoms with van der Waals surface area (Å²) in [5, 5.41) is 3.24. The van der Waals surface area contributed by atoms with Gasteiger partial charge in [-0.1, -0.05) is 13.8 Å². The third-order valence-corrected chi connectivity index (χ3v) is 4.36. The maximum atomic E-state index is 11.8. The van der Waals surface area contributed by atoms with Crippen LogP contribution in [0.5, 0.6) is 0 Å². The van der Waals surface area contributed by atoms with Crippen molar-refractivity contribution in [1.29, 1.82) is 0 Å². The number of likely N-dealkylation sites (N-methyl/N-ethyl adjacent to an activating group) is 1. The molecule has 1 saturated heterocycles. The van der Waals surface area contributed by atoms with Crippen LogP contribution < -0.4 is 11.1 Å². The van der Waals surface area contributed by atoms with Gasteiger partial charge in [0.25, 0.3) is 0 Å². The first-order valence-corrected chi connectivity index (χ1v) is 7.76. The van der Waals surface area contributed by atoms with E-state index < -0.39 is 5.54 Å². The molecule has 3 N–H and O–H groups in total. The first kappa shape index (κ1) is 17.4. The van der Waals surface area contributed by atoms with Crippen LogP contribution in [0.4, 0.5) is 0 Å². The Bertz CT molecular complexity index is 324. The highest BCUT2D eigenvalue weighted by Gasteiger charge is 2.36. The monoisotopic (exact) mass is 285 g/mol. The number of morpholine rings is 1. The van der Waals surface area contributed by atoms with Gasteiger partial charge in [-0.25, -0.2) is 0 Å². The number of amides is 1. The van der Waals surface area contributed by atoms with E-state index in [-0.39, 0.29) is 12.0 Å². The van der Waals surface area contributed by atoms with Gasteiger partial charge in [0.05, 0.1) is 18.2 Å². The number of carbonyl (C=O) groups is 1. The Morgan fingerprint density at radius 3 is 2.70 bits per heavy atom. The molecule has 1 aliphatic rings. The summed E-state index contributed by atoms with van der Waals surface area (Å²) in [7, 11) is 0. The molecule has 1 fully saturated rings. The van der Waals surface area contributed by atoms with Crippen molar-refractivity contribution in [3.05, 3.63) is 0 Å². The first-order valence-electron chi connectivity index (χ1n) is 7.76. The fraction of sp³-hybridized carbons (Fsp3) is 0.933. The lowest BCUT2D eigenvalue weighted by Crippen LogP contribution is -2.59. The standard InChI is InChI=1S/C15H31N3O2/c1-6-13-10-20-12(4)9-18(13)11(3)8-15(5,14(16)19)17-7-2/h11-13,17H,6-10H2,1-5H3,(H2,16,19). The van der Waals surface area contributed by atoms with E-state index >= 15 is 0 Å². The minimum Gasteiger partial charge on any atom is -0.376 e. The maximum Gasteiger partial charge on any atom is 0.237 e. The van der Waals surface area contributed by atoms with Gasteiger partial charge in [-0.2, -0.15) is 0 Å². The lowest BCUT2D eigenvalue weighted by Gasteiger charge is -2.44. The Kier molecular flexibility index (Phi) is 6.43. The van der Waals surface area contributed by atoms with Crippen molar-refractivity contribution < 1.29 is 9.53 Å². The summed E-state index contributed by atoms with van der Waals surface area (Å²) in [6, 6.07) is 0.725. The zero-order valence-corrected chi connectivity index (χ0v) is 13.6. The second kappa shape index (κ2) is 7.38. The van der Waals surface area contributed by atoms with Crippen LogP contribution >= 0.6 is 0 Å². The minimum absolute atomic E-state index is 0.249. The number of hydrogen-bond donors (Lipinski definition) is 2. The molecule has 0 saturated carbocycles. The molecule has 118 valence electrons. The van der Waals surface area contributed by atoms with Gasteiger partial charge < -0.3 is 15.8 Å². The van der Waals surface area contributed by atoms with Crippen molar-refractivity contribution in [1.82, 2.24) is 10.2 Å². The van der Waals surface area contributed by atoms with Crippen molar-refractivity contribution in [2.24, 2.45) is 5.73 Å². The van der Waals surface area contributed by atoms with E-state index in [1.165, 1.54) is 0 Å². The number of primary amides is 1. The lowest BCUT2D eigenvalue weighted by atomic mass is 9.90. The molecule has 0 bridgehead atoms. The van der Waals surface area contributed by atoms with Gasteiger partial charge in [-0.3, -0.25) is 9.69 Å². The lowest BCUT2D eigenvalue weighted by molar-refractivity contribution is -0.125. The predicted octanol–water partition coefficient (Wildman–Crippen LogP) is 1.12. The van der Waals surface area contributed by atoms with Crippen LogP contribution in [0.2, 0.25) is 0 Å². The molecule has 0 aromatic heterocycles. The summed E-state index contributed by atoms with van der Waals surface area (Å²) in [6.45, 7) is 12.8. The molecular formula is C15H31N3O2. The zero-order valence-electron chi connectivity index (χ0n) is 13.6. The summed E-state index contributed by atoms with van der Waals surface area (Å²) in [5.41, 5.74) is 4.94. The van der Waals surface area contributed by atoms with Crippen molar-refractivity contribution in [2.75, 3.05) is 19.7 Å². The molecule has 1 heterocycles. The number of nitrogens with two attached hydrogens (primary N) is 1. The fourth-order valence-electron chi connectivity index (χ4n) is 3.12. The van der Waals surface area contributed by atoms with E-state index in [1.54, 1.807) is 0 Å². The van der Waals surface area contributed by atoms with E-state index in [9.17, 15) is 4.79 Å². The number of nitrogens with one attached hydrogen (secondary N) is 1. The molecule has 1 aliphatic heterocycles.